The maximum absolute atomic E-state index is 12.9. The van der Waals surface area contributed by atoms with E-state index in [2.05, 4.69) is 55.1 Å². The predicted molar refractivity (Wildman–Crippen MR) is 136 cm³/mol. The molecule has 4 atom stereocenters. The summed E-state index contributed by atoms with van der Waals surface area (Å²) in [5.74, 6) is -0.628. The molecule has 0 bridgehead atoms. The highest BCUT2D eigenvalue weighted by Gasteiger charge is 2.55. The molecule has 0 unspecified atom stereocenters. The Morgan fingerprint density at radius 1 is 1.11 bits per heavy atom. The van der Waals surface area contributed by atoms with Gasteiger partial charge in [-0.2, -0.15) is 21.6 Å². The van der Waals surface area contributed by atoms with E-state index >= 15 is 0 Å². The fourth-order valence-electron chi connectivity index (χ4n) is 5.80. The maximum Gasteiger partial charge on any atom is 0.534 e. The van der Waals surface area contributed by atoms with Gasteiger partial charge in [0.1, 0.15) is 5.76 Å². The van der Waals surface area contributed by atoms with E-state index in [9.17, 15) is 21.6 Å². The molecule has 196 valence electrons. The van der Waals surface area contributed by atoms with Crippen LogP contribution in [0.3, 0.4) is 0 Å². The Labute approximate surface area is 211 Å². The molecule has 5 nitrogen and oxygen atoms in total. The normalized spacial score (nSPS) is 26.6. The van der Waals surface area contributed by atoms with Crippen molar-refractivity contribution in [2.75, 3.05) is 0 Å². The fourth-order valence-corrected chi connectivity index (χ4v) is 9.13. The van der Waals surface area contributed by atoms with Crippen molar-refractivity contribution in [1.82, 2.24) is 4.98 Å². The molecule has 1 aromatic carbocycles. The molecule has 36 heavy (non-hydrogen) atoms. The van der Waals surface area contributed by atoms with E-state index in [4.69, 9.17) is 4.43 Å². The van der Waals surface area contributed by atoms with Crippen LogP contribution in [0.5, 0.6) is 0 Å². The Morgan fingerprint density at radius 2 is 1.81 bits per heavy atom. The smallest absolute Gasteiger partial charge is 0.413 e. The van der Waals surface area contributed by atoms with Gasteiger partial charge in [0.2, 0.25) is 0 Å². The molecular weight excluding hydrogens is 507 g/mol. The van der Waals surface area contributed by atoms with Crippen LogP contribution in [-0.4, -0.2) is 33.3 Å². The van der Waals surface area contributed by atoms with Gasteiger partial charge in [-0.3, -0.25) is 4.98 Å². The quantitative estimate of drug-likeness (QED) is 0.204. The van der Waals surface area contributed by atoms with Crippen molar-refractivity contribution in [2.45, 2.75) is 69.8 Å². The van der Waals surface area contributed by atoms with Crippen LogP contribution in [0, 0.1) is 11.3 Å². The van der Waals surface area contributed by atoms with Crippen LogP contribution in [-0.2, 0) is 18.7 Å². The van der Waals surface area contributed by atoms with E-state index in [1.165, 1.54) is 12.2 Å². The third-order valence-corrected chi connectivity index (χ3v) is 13.8. The molecule has 0 amide bonds. The molecule has 2 aliphatic rings. The minimum atomic E-state index is -5.74. The van der Waals surface area contributed by atoms with E-state index in [1.54, 1.807) is 12.3 Å². The zero-order valence-corrected chi connectivity index (χ0v) is 22.7. The van der Waals surface area contributed by atoms with Gasteiger partial charge in [0.15, 0.2) is 8.32 Å². The zero-order valence-electron chi connectivity index (χ0n) is 20.9. The highest BCUT2D eigenvalue weighted by Crippen LogP contribution is 2.58. The first-order valence-electron chi connectivity index (χ1n) is 12.3. The topological polar surface area (TPSA) is 65.5 Å². The first-order chi connectivity index (χ1) is 16.9. The average molecular weight is 540 g/mol. The Hall–Kier alpha value is -2.17. The fraction of sp³-hybridized carbons (Fsp3) is 0.500. The lowest BCUT2D eigenvalue weighted by molar-refractivity contribution is -0.0520. The average Bonchev–Trinajstić information content (AvgIpc) is 3.12. The van der Waals surface area contributed by atoms with Gasteiger partial charge in [0.25, 0.3) is 0 Å². The van der Waals surface area contributed by atoms with Crippen molar-refractivity contribution in [1.29, 1.82) is 0 Å². The lowest BCUT2D eigenvalue weighted by atomic mass is 9.68. The number of fused-ring (bicyclic) bond motifs is 2. The van der Waals surface area contributed by atoms with Gasteiger partial charge >= 0.3 is 15.6 Å². The van der Waals surface area contributed by atoms with Crippen LogP contribution in [0.4, 0.5) is 13.2 Å². The molecule has 0 spiro atoms. The molecular formula is C26H32F3NO4SSi. The summed E-state index contributed by atoms with van der Waals surface area (Å²) in [5, 5.41) is 2.07. The first kappa shape index (κ1) is 26.9. The highest BCUT2D eigenvalue weighted by molar-refractivity contribution is 7.87. The standard InChI is InChI=1S/C26H32F3NO4SSi/c1-5-36(6-2,7-3)34-23-16-21-15-22(33-35(31,32)26(27,28)29)10-12-25(21,4)24(23)19-9-8-18-11-13-30-17-20(18)14-19/h8-15,17,21,23-24H,5-7,16H2,1-4H3/t21-,23-,24+,25+/m1/s1. The van der Waals surface area contributed by atoms with Crippen molar-refractivity contribution >= 4 is 29.2 Å². The minimum Gasteiger partial charge on any atom is -0.413 e. The van der Waals surface area contributed by atoms with E-state index in [0.717, 1.165) is 34.5 Å². The molecule has 2 aliphatic carbocycles. The van der Waals surface area contributed by atoms with Gasteiger partial charge in [-0.1, -0.05) is 45.9 Å². The maximum atomic E-state index is 12.9. The number of halogens is 3. The lowest BCUT2D eigenvalue weighted by Gasteiger charge is -2.39. The third kappa shape index (κ3) is 4.75. The van der Waals surface area contributed by atoms with Crippen LogP contribution in [0.15, 0.2) is 60.6 Å². The summed E-state index contributed by atoms with van der Waals surface area (Å²) in [6, 6.07) is 11.1. The van der Waals surface area contributed by atoms with E-state index < -0.39 is 29.4 Å². The number of rotatable bonds is 8. The van der Waals surface area contributed by atoms with Crippen LogP contribution in [0.25, 0.3) is 10.8 Å². The van der Waals surface area contributed by atoms with E-state index in [-0.39, 0.29) is 23.7 Å². The third-order valence-electron chi connectivity index (χ3n) is 8.15. The van der Waals surface area contributed by atoms with E-state index in [1.807, 2.05) is 12.3 Å². The predicted octanol–water partition coefficient (Wildman–Crippen LogP) is 7.05. The number of hydrogen-bond donors (Lipinski definition) is 0. The second-order valence-corrected chi connectivity index (χ2v) is 16.2. The molecule has 1 saturated carbocycles. The Bertz CT molecular complexity index is 1280. The Kier molecular flexibility index (Phi) is 7.17. The summed E-state index contributed by atoms with van der Waals surface area (Å²) >= 11 is 0. The summed E-state index contributed by atoms with van der Waals surface area (Å²) in [5.41, 5.74) is -4.91. The molecule has 4 rings (SSSR count). The van der Waals surface area contributed by atoms with Crippen LogP contribution in [0.2, 0.25) is 18.1 Å². The van der Waals surface area contributed by atoms with E-state index in [0.29, 0.717) is 6.42 Å². The summed E-state index contributed by atoms with van der Waals surface area (Å²) in [4.78, 5) is 4.25. The molecule has 2 aromatic rings. The van der Waals surface area contributed by atoms with Crippen molar-refractivity contribution in [3.63, 3.8) is 0 Å². The monoisotopic (exact) mass is 539 g/mol. The van der Waals surface area contributed by atoms with Gasteiger partial charge in [-0.25, -0.2) is 0 Å². The first-order valence-corrected chi connectivity index (χ1v) is 16.2. The number of nitrogens with zero attached hydrogens (tertiary/aromatic N) is 1. The number of aromatic nitrogens is 1. The second-order valence-electron chi connectivity index (χ2n) is 9.95. The van der Waals surface area contributed by atoms with Crippen LogP contribution in [0.1, 0.15) is 45.6 Å². The van der Waals surface area contributed by atoms with Gasteiger partial charge < -0.3 is 8.61 Å². The summed E-state index contributed by atoms with van der Waals surface area (Å²) < 4.78 is 73.5. The zero-order chi connectivity index (χ0) is 26.4. The van der Waals surface area contributed by atoms with Crippen molar-refractivity contribution in [2.24, 2.45) is 11.3 Å². The molecule has 1 heterocycles. The SMILES string of the molecule is CC[Si](CC)(CC)O[C@@H]1C[C@H]2C=C(OS(=O)(=O)C(F)(F)F)C=C[C@]2(C)[C@H]1c1ccc2ccncc2c1. The number of alkyl halides is 3. The van der Waals surface area contributed by atoms with Gasteiger partial charge in [-0.05, 0) is 65.7 Å². The molecule has 0 radical (unpaired) electrons. The van der Waals surface area contributed by atoms with Crippen molar-refractivity contribution in [3.8, 4) is 0 Å². The summed E-state index contributed by atoms with van der Waals surface area (Å²) in [6.45, 7) is 8.54. The number of benzene rings is 1. The molecule has 0 N–H and O–H groups in total. The van der Waals surface area contributed by atoms with Gasteiger partial charge in [0, 0.05) is 29.1 Å². The van der Waals surface area contributed by atoms with Crippen LogP contribution < -0.4 is 0 Å². The molecule has 1 fully saturated rings. The van der Waals surface area contributed by atoms with Gasteiger partial charge in [-0.15, -0.1) is 0 Å². The summed E-state index contributed by atoms with van der Waals surface area (Å²) in [6.07, 6.45) is 8.63. The van der Waals surface area contributed by atoms with Crippen molar-refractivity contribution in [3.05, 3.63) is 66.2 Å². The van der Waals surface area contributed by atoms with Crippen LogP contribution >= 0.6 is 0 Å². The molecule has 0 saturated heterocycles. The highest BCUT2D eigenvalue weighted by atomic mass is 32.2. The molecule has 0 aliphatic heterocycles. The Balaban J connectivity index is 1.76. The second kappa shape index (κ2) is 9.61. The number of allylic oxidation sites excluding steroid dienone is 3. The van der Waals surface area contributed by atoms with Crippen molar-refractivity contribution < 1.29 is 30.2 Å². The Morgan fingerprint density at radius 3 is 2.44 bits per heavy atom. The van der Waals surface area contributed by atoms with Gasteiger partial charge in [0.05, 0.1) is 6.10 Å². The number of hydrogen-bond acceptors (Lipinski definition) is 5. The molecule has 10 heteroatoms. The summed E-state index contributed by atoms with van der Waals surface area (Å²) in [7, 11) is -7.76. The number of pyridine rings is 1. The lowest BCUT2D eigenvalue weighted by Crippen LogP contribution is -2.41. The largest absolute Gasteiger partial charge is 0.534 e. The minimum absolute atomic E-state index is 0.0723. The molecule has 1 aromatic heterocycles.